The summed E-state index contributed by atoms with van der Waals surface area (Å²) >= 11 is 0. The quantitative estimate of drug-likeness (QED) is 0.446. The molecule has 0 amide bonds. The molecule has 4 nitrogen and oxygen atoms in total. The van der Waals surface area contributed by atoms with Crippen LogP contribution in [-0.4, -0.2) is 73.5 Å². The van der Waals surface area contributed by atoms with Crippen LogP contribution in [0.2, 0.25) is 0 Å². The number of rotatable bonds is 11. The van der Waals surface area contributed by atoms with Crippen molar-refractivity contribution in [3.8, 4) is 0 Å². The maximum absolute atomic E-state index is 10.2. The predicted octanol–water partition coefficient (Wildman–Crippen LogP) is 2.41. The van der Waals surface area contributed by atoms with Crippen molar-refractivity contribution in [2.24, 2.45) is 0 Å². The zero-order valence-corrected chi connectivity index (χ0v) is 9.78. The summed E-state index contributed by atoms with van der Waals surface area (Å²) in [6, 6.07) is 0. The molecule has 0 rings (SSSR count). The van der Waals surface area contributed by atoms with Gasteiger partial charge in [0.05, 0.1) is 0 Å². The second kappa shape index (κ2) is 14.6. The molecule has 0 atom stereocenters. The fourth-order valence-electron chi connectivity index (χ4n) is 1.61. The molecular weight excluding hydrogens is 247 g/mol. The van der Waals surface area contributed by atoms with Crippen LogP contribution < -0.4 is 0 Å². The van der Waals surface area contributed by atoms with Crippen LogP contribution in [0.4, 0.5) is 0 Å². The van der Waals surface area contributed by atoms with Crippen LogP contribution in [0, 0.1) is 0 Å². The van der Waals surface area contributed by atoms with Gasteiger partial charge in [-0.25, -0.2) is 0 Å². The van der Waals surface area contributed by atoms with E-state index in [1.165, 1.54) is 0 Å². The zero-order chi connectivity index (χ0) is 12.2. The first-order chi connectivity index (χ1) is 7.63. The molecule has 2 N–H and O–H groups in total. The molecule has 0 radical (unpaired) electrons. The Morgan fingerprint density at radius 1 is 0.588 bits per heavy atom. The van der Waals surface area contributed by atoms with Crippen molar-refractivity contribution >= 4 is 63.3 Å². The Hall–Kier alpha value is 0.576. The molecule has 0 aromatic carbocycles. The molecule has 0 saturated carbocycles. The van der Waals surface area contributed by atoms with Gasteiger partial charge in [-0.1, -0.05) is 38.5 Å². The minimum atomic E-state index is -0.714. The first-order valence-corrected chi connectivity index (χ1v) is 6.06. The molecule has 0 saturated heterocycles. The molecule has 0 aliphatic rings. The van der Waals surface area contributed by atoms with Gasteiger partial charge in [-0.15, -0.1) is 0 Å². The number of unbranched alkanes of at least 4 members (excludes halogenated alkanes) is 7. The fourth-order valence-corrected chi connectivity index (χ4v) is 1.61. The van der Waals surface area contributed by atoms with Crippen molar-refractivity contribution in [2.75, 3.05) is 0 Å². The van der Waals surface area contributed by atoms with E-state index >= 15 is 0 Å². The molecule has 0 aromatic rings. The first kappa shape index (κ1) is 19.9. The Labute approximate surface area is 146 Å². The summed E-state index contributed by atoms with van der Waals surface area (Å²) in [6.45, 7) is 0. The van der Waals surface area contributed by atoms with E-state index in [0.29, 0.717) is 0 Å². The Bertz CT molecular complexity index is 185. The molecular formula is C12H23KO4. The van der Waals surface area contributed by atoms with Crippen LogP contribution in [0.1, 0.15) is 64.2 Å². The molecule has 0 unspecified atom stereocenters. The summed E-state index contributed by atoms with van der Waals surface area (Å²) in [6.07, 6.45) is 8.51. The van der Waals surface area contributed by atoms with Crippen molar-refractivity contribution in [1.82, 2.24) is 0 Å². The van der Waals surface area contributed by atoms with E-state index in [9.17, 15) is 9.59 Å². The number of hydrogen-bond acceptors (Lipinski definition) is 2. The van der Waals surface area contributed by atoms with Crippen LogP contribution in [0.5, 0.6) is 0 Å². The molecule has 96 valence electrons. The van der Waals surface area contributed by atoms with E-state index in [1.807, 2.05) is 0 Å². The second-order valence-electron chi connectivity index (χ2n) is 4.12. The molecule has 5 heteroatoms. The van der Waals surface area contributed by atoms with E-state index in [0.717, 1.165) is 51.4 Å². The number of carboxylic acid groups (broad SMARTS) is 2. The molecule has 0 heterocycles. The van der Waals surface area contributed by atoms with Gasteiger partial charge in [-0.3, -0.25) is 9.59 Å². The van der Waals surface area contributed by atoms with Gasteiger partial charge in [0, 0.05) is 12.8 Å². The zero-order valence-electron chi connectivity index (χ0n) is 9.78. The van der Waals surface area contributed by atoms with Gasteiger partial charge < -0.3 is 10.2 Å². The van der Waals surface area contributed by atoms with Crippen LogP contribution in [-0.2, 0) is 9.59 Å². The normalized spacial score (nSPS) is 9.65. The van der Waals surface area contributed by atoms with E-state index in [4.69, 9.17) is 10.2 Å². The van der Waals surface area contributed by atoms with Crippen LogP contribution in [0.15, 0.2) is 0 Å². The average molecular weight is 270 g/mol. The fraction of sp³-hybridized carbons (Fsp3) is 0.833. The average Bonchev–Trinajstić information content (AvgIpc) is 2.20. The standard InChI is InChI=1S/C12H22O4.K.H/c13-11(14)9-7-5-3-1-2-4-6-8-10-12(15)16;;/h1-10H2,(H,13,14)(H,15,16);;. The number of carboxylic acids is 2. The Kier molecular flexibility index (Phi) is 17.1. The molecule has 0 spiro atoms. The number of carbonyl (C=O) groups is 2. The van der Waals surface area contributed by atoms with E-state index in [-0.39, 0.29) is 64.2 Å². The van der Waals surface area contributed by atoms with Gasteiger partial charge in [0.15, 0.2) is 0 Å². The van der Waals surface area contributed by atoms with Crippen molar-refractivity contribution in [1.29, 1.82) is 0 Å². The summed E-state index contributed by atoms with van der Waals surface area (Å²) in [5.41, 5.74) is 0. The van der Waals surface area contributed by atoms with Crippen LogP contribution in [0.25, 0.3) is 0 Å². The molecule has 0 bridgehead atoms. The summed E-state index contributed by atoms with van der Waals surface area (Å²) in [7, 11) is 0. The van der Waals surface area contributed by atoms with Crippen molar-refractivity contribution in [2.45, 2.75) is 64.2 Å². The third-order valence-corrected chi connectivity index (χ3v) is 2.53. The minimum absolute atomic E-state index is 0. The van der Waals surface area contributed by atoms with Gasteiger partial charge in [0.2, 0.25) is 0 Å². The molecule has 0 aromatic heterocycles. The van der Waals surface area contributed by atoms with E-state index in [1.54, 1.807) is 0 Å². The van der Waals surface area contributed by atoms with E-state index in [2.05, 4.69) is 0 Å². The second-order valence-corrected chi connectivity index (χ2v) is 4.12. The van der Waals surface area contributed by atoms with Gasteiger partial charge in [0.25, 0.3) is 0 Å². The topological polar surface area (TPSA) is 74.6 Å². The van der Waals surface area contributed by atoms with Gasteiger partial charge in [0.1, 0.15) is 0 Å². The predicted molar refractivity (Wildman–Crippen MR) is 68.6 cm³/mol. The third-order valence-electron chi connectivity index (χ3n) is 2.53. The molecule has 0 aliphatic carbocycles. The van der Waals surface area contributed by atoms with Crippen LogP contribution >= 0.6 is 0 Å². The first-order valence-electron chi connectivity index (χ1n) is 6.06. The summed E-state index contributed by atoms with van der Waals surface area (Å²) < 4.78 is 0. The van der Waals surface area contributed by atoms with E-state index < -0.39 is 11.9 Å². The summed E-state index contributed by atoms with van der Waals surface area (Å²) in [4.78, 5) is 20.4. The van der Waals surface area contributed by atoms with Crippen molar-refractivity contribution in [3.63, 3.8) is 0 Å². The van der Waals surface area contributed by atoms with Gasteiger partial charge in [-0.05, 0) is 12.8 Å². The number of hydrogen-bond donors (Lipinski definition) is 2. The van der Waals surface area contributed by atoms with Crippen molar-refractivity contribution < 1.29 is 19.8 Å². The Morgan fingerprint density at radius 3 is 1.06 bits per heavy atom. The van der Waals surface area contributed by atoms with Gasteiger partial charge >= 0.3 is 63.3 Å². The van der Waals surface area contributed by atoms with Crippen molar-refractivity contribution in [3.05, 3.63) is 0 Å². The monoisotopic (exact) mass is 270 g/mol. The third kappa shape index (κ3) is 19.1. The Balaban J connectivity index is 0. The SMILES string of the molecule is O=C(O)CCCCCCCCCCC(=O)O.[KH]. The number of aliphatic carboxylic acids is 2. The molecule has 17 heavy (non-hydrogen) atoms. The molecule has 0 aliphatic heterocycles. The Morgan fingerprint density at radius 2 is 0.824 bits per heavy atom. The summed E-state index contributed by atoms with van der Waals surface area (Å²) in [5, 5.41) is 16.8. The maximum atomic E-state index is 10.2. The van der Waals surface area contributed by atoms with Crippen LogP contribution in [0.3, 0.4) is 0 Å². The molecule has 0 fully saturated rings. The summed E-state index contributed by atoms with van der Waals surface area (Å²) in [5.74, 6) is -1.43. The van der Waals surface area contributed by atoms with Gasteiger partial charge in [-0.2, -0.15) is 0 Å².